The molecule has 0 aliphatic carbocycles. The number of furan rings is 1. The van der Waals surface area contributed by atoms with Crippen molar-refractivity contribution in [2.45, 2.75) is 24.6 Å². The summed E-state index contributed by atoms with van der Waals surface area (Å²) in [7, 11) is 0. The molecule has 1 aliphatic rings. The van der Waals surface area contributed by atoms with E-state index in [1.54, 1.807) is 12.1 Å². The molecule has 120 valence electrons. The number of aromatic nitrogens is 4. The molecule has 0 amide bonds. The highest BCUT2D eigenvalue weighted by molar-refractivity contribution is 5.85. The first-order valence-electron chi connectivity index (χ1n) is 7.00. The number of halogens is 1. The van der Waals surface area contributed by atoms with E-state index >= 15 is 0 Å². The summed E-state index contributed by atoms with van der Waals surface area (Å²) >= 11 is 0. The molecule has 1 fully saturated rings. The summed E-state index contributed by atoms with van der Waals surface area (Å²) in [5.74, 6) is 0.521. The summed E-state index contributed by atoms with van der Waals surface area (Å²) < 4.78 is 26.0. The first kappa shape index (κ1) is 14.2. The predicted molar refractivity (Wildman–Crippen MR) is 74.9 cm³/mol. The van der Waals surface area contributed by atoms with Crippen LogP contribution < -0.4 is 0 Å². The lowest BCUT2D eigenvalue weighted by Crippen LogP contribution is -2.29. The Morgan fingerprint density at radius 2 is 2.17 bits per heavy atom. The van der Waals surface area contributed by atoms with E-state index in [1.165, 1.54) is 23.5 Å². The van der Waals surface area contributed by atoms with Crippen molar-refractivity contribution in [2.24, 2.45) is 0 Å². The number of hydrogen-bond donors (Lipinski definition) is 2. The van der Waals surface area contributed by atoms with Gasteiger partial charge < -0.3 is 19.4 Å². The van der Waals surface area contributed by atoms with Crippen molar-refractivity contribution in [2.75, 3.05) is 6.61 Å². The fourth-order valence-electron chi connectivity index (χ4n) is 2.72. The van der Waals surface area contributed by atoms with Gasteiger partial charge in [-0.1, -0.05) is 0 Å². The summed E-state index contributed by atoms with van der Waals surface area (Å²) in [6.07, 6.45) is -0.975. The lowest BCUT2D eigenvalue weighted by Gasteiger charge is -2.16. The van der Waals surface area contributed by atoms with Gasteiger partial charge in [0.1, 0.15) is 29.7 Å². The van der Waals surface area contributed by atoms with Crippen LogP contribution in [0.15, 0.2) is 35.5 Å². The molecule has 4 heterocycles. The van der Waals surface area contributed by atoms with Crippen molar-refractivity contribution in [3.8, 4) is 11.5 Å². The Bertz CT molecular complexity index is 821. The molecule has 4 rings (SSSR count). The van der Waals surface area contributed by atoms with E-state index in [0.29, 0.717) is 22.6 Å². The normalized spacial score (nSPS) is 27.8. The largest absolute Gasteiger partial charge is 0.463 e. The van der Waals surface area contributed by atoms with Crippen LogP contribution in [0.5, 0.6) is 0 Å². The van der Waals surface area contributed by atoms with Crippen LogP contribution in [0.3, 0.4) is 0 Å². The van der Waals surface area contributed by atoms with Gasteiger partial charge in [-0.25, -0.2) is 19.3 Å². The zero-order valence-electron chi connectivity index (χ0n) is 11.8. The molecule has 0 spiro atoms. The molecule has 4 atom stereocenters. The maximum atomic E-state index is 13.9. The average molecular weight is 320 g/mol. The number of ether oxygens (including phenoxy) is 1. The molecule has 1 aliphatic heterocycles. The van der Waals surface area contributed by atoms with Crippen LogP contribution >= 0.6 is 0 Å². The fraction of sp³-hybridized carbons (Fsp3) is 0.357. The monoisotopic (exact) mass is 320 g/mol. The number of aliphatic hydroxyl groups is 2. The molecular weight excluding hydrogens is 307 g/mol. The number of rotatable bonds is 3. The van der Waals surface area contributed by atoms with Gasteiger partial charge in [-0.05, 0) is 12.1 Å². The predicted octanol–water partition coefficient (Wildman–Crippen LogP) is 0.675. The zero-order chi connectivity index (χ0) is 16.0. The third-order valence-electron chi connectivity index (χ3n) is 3.86. The minimum Gasteiger partial charge on any atom is -0.463 e. The van der Waals surface area contributed by atoms with Crippen molar-refractivity contribution in [1.82, 2.24) is 19.5 Å². The molecule has 0 aromatic carbocycles. The second kappa shape index (κ2) is 5.37. The van der Waals surface area contributed by atoms with Gasteiger partial charge in [-0.3, -0.25) is 4.57 Å². The summed E-state index contributed by atoms with van der Waals surface area (Å²) in [5.41, 5.74) is 1.31. The SMILES string of the molecule is OCC1OC(n2cnc3c(-c4ccco4)ncnc32)C(O)C1F. The van der Waals surface area contributed by atoms with Crippen LogP contribution in [0.1, 0.15) is 6.23 Å². The summed E-state index contributed by atoms with van der Waals surface area (Å²) in [6.45, 7) is -0.520. The van der Waals surface area contributed by atoms with Gasteiger partial charge in [-0.2, -0.15) is 0 Å². The van der Waals surface area contributed by atoms with Crippen LogP contribution in [-0.2, 0) is 4.74 Å². The van der Waals surface area contributed by atoms with Crippen LogP contribution in [-0.4, -0.2) is 54.7 Å². The zero-order valence-corrected chi connectivity index (χ0v) is 11.8. The maximum Gasteiger partial charge on any atom is 0.166 e. The van der Waals surface area contributed by atoms with Crippen LogP contribution in [0.25, 0.3) is 22.6 Å². The molecule has 1 saturated heterocycles. The van der Waals surface area contributed by atoms with Crippen LogP contribution in [0.2, 0.25) is 0 Å². The molecule has 0 bridgehead atoms. The summed E-state index contributed by atoms with van der Waals surface area (Å²) in [5, 5.41) is 19.1. The molecule has 2 N–H and O–H groups in total. The number of fused-ring (bicyclic) bond motifs is 1. The first-order valence-corrected chi connectivity index (χ1v) is 7.00. The fourth-order valence-corrected chi connectivity index (χ4v) is 2.72. The quantitative estimate of drug-likeness (QED) is 0.730. The first-order chi connectivity index (χ1) is 11.2. The number of hydrogen-bond acceptors (Lipinski definition) is 7. The summed E-state index contributed by atoms with van der Waals surface area (Å²) in [6, 6.07) is 3.46. The van der Waals surface area contributed by atoms with Crippen LogP contribution in [0, 0.1) is 0 Å². The lowest BCUT2D eigenvalue weighted by molar-refractivity contribution is -0.0495. The van der Waals surface area contributed by atoms with E-state index in [9.17, 15) is 9.50 Å². The second-order valence-corrected chi connectivity index (χ2v) is 5.21. The Labute approximate surface area is 129 Å². The standard InChI is InChI=1S/C14H13FN4O4/c15-9-8(4-20)23-14(12(9)21)19-6-18-11-10(7-2-1-3-22-7)16-5-17-13(11)19/h1-3,5-6,8-9,12,14,20-21H,4H2. The summed E-state index contributed by atoms with van der Waals surface area (Å²) in [4.78, 5) is 12.5. The Kier molecular flexibility index (Phi) is 3.33. The average Bonchev–Trinajstić information content (AvgIpc) is 3.28. The van der Waals surface area contributed by atoms with Gasteiger partial charge in [0, 0.05) is 0 Å². The van der Waals surface area contributed by atoms with E-state index in [2.05, 4.69) is 15.0 Å². The van der Waals surface area contributed by atoms with E-state index in [4.69, 9.17) is 14.3 Å². The molecule has 0 saturated carbocycles. The van der Waals surface area contributed by atoms with Crippen LogP contribution in [0.4, 0.5) is 4.39 Å². The van der Waals surface area contributed by atoms with Crippen molar-refractivity contribution in [1.29, 1.82) is 0 Å². The molecule has 4 unspecified atom stereocenters. The van der Waals surface area contributed by atoms with Gasteiger partial charge in [0.25, 0.3) is 0 Å². The molecule has 8 nitrogen and oxygen atoms in total. The number of nitrogens with zero attached hydrogens (tertiary/aromatic N) is 4. The molecule has 3 aromatic heterocycles. The topological polar surface area (TPSA) is 106 Å². The Hall–Kier alpha value is -2.36. The third kappa shape index (κ3) is 2.12. The highest BCUT2D eigenvalue weighted by Gasteiger charge is 2.45. The van der Waals surface area contributed by atoms with Gasteiger partial charge >= 0.3 is 0 Å². The molecule has 0 radical (unpaired) electrons. The lowest BCUT2D eigenvalue weighted by atomic mass is 10.1. The Morgan fingerprint density at radius 1 is 1.30 bits per heavy atom. The van der Waals surface area contributed by atoms with E-state index in [1.807, 2.05) is 0 Å². The minimum absolute atomic E-state index is 0.376. The van der Waals surface area contributed by atoms with Gasteiger partial charge in [0.05, 0.1) is 19.2 Å². The van der Waals surface area contributed by atoms with Gasteiger partial charge in [0.15, 0.2) is 23.8 Å². The van der Waals surface area contributed by atoms with E-state index in [-0.39, 0.29) is 0 Å². The van der Waals surface area contributed by atoms with Crippen molar-refractivity contribution in [3.05, 3.63) is 31.1 Å². The second-order valence-electron chi connectivity index (χ2n) is 5.21. The molecule has 3 aromatic rings. The van der Waals surface area contributed by atoms with Crippen molar-refractivity contribution < 1.29 is 23.8 Å². The highest BCUT2D eigenvalue weighted by Crippen LogP contribution is 2.34. The maximum absolute atomic E-state index is 13.9. The number of aliphatic hydroxyl groups excluding tert-OH is 2. The van der Waals surface area contributed by atoms with Crippen molar-refractivity contribution >= 4 is 11.2 Å². The highest BCUT2D eigenvalue weighted by atomic mass is 19.1. The number of imidazole rings is 1. The molecule has 23 heavy (non-hydrogen) atoms. The number of alkyl halides is 1. The molecular formula is C14H13FN4O4. The van der Waals surface area contributed by atoms with Gasteiger partial charge in [-0.15, -0.1) is 0 Å². The molecule has 9 heteroatoms. The third-order valence-corrected chi connectivity index (χ3v) is 3.86. The van der Waals surface area contributed by atoms with E-state index in [0.717, 1.165) is 0 Å². The van der Waals surface area contributed by atoms with E-state index < -0.39 is 31.2 Å². The van der Waals surface area contributed by atoms with Crippen molar-refractivity contribution in [3.63, 3.8) is 0 Å². The Balaban J connectivity index is 1.80. The minimum atomic E-state index is -1.69. The Morgan fingerprint density at radius 3 is 2.87 bits per heavy atom. The smallest absolute Gasteiger partial charge is 0.166 e. The van der Waals surface area contributed by atoms with Gasteiger partial charge in [0.2, 0.25) is 0 Å².